The van der Waals surface area contributed by atoms with Crippen LogP contribution in [0.2, 0.25) is 0 Å². The van der Waals surface area contributed by atoms with Gasteiger partial charge in [-0.15, -0.1) is 0 Å². The molecule has 0 amide bonds. The summed E-state index contributed by atoms with van der Waals surface area (Å²) in [4.78, 5) is 0. The van der Waals surface area contributed by atoms with Gasteiger partial charge in [-0.05, 0) is 37.1 Å². The Kier molecular flexibility index (Phi) is 2.79. The second-order valence-corrected chi connectivity index (χ2v) is 3.66. The van der Waals surface area contributed by atoms with Crippen molar-refractivity contribution in [3.63, 3.8) is 0 Å². The van der Waals surface area contributed by atoms with Gasteiger partial charge in [-0.1, -0.05) is 6.07 Å². The van der Waals surface area contributed by atoms with Gasteiger partial charge in [-0.2, -0.15) is 0 Å². The highest BCUT2D eigenvalue weighted by Gasteiger charge is 2.19. The number of hydrogen-bond donors (Lipinski definition) is 2. The number of benzene rings is 1. The maximum absolute atomic E-state index is 13.4. The monoisotopic (exact) mass is 195 g/mol. The number of aliphatic hydroxyl groups excluding tert-OH is 1. The molecule has 1 aliphatic heterocycles. The Morgan fingerprint density at radius 2 is 2.36 bits per heavy atom. The van der Waals surface area contributed by atoms with Crippen LogP contribution in [0, 0.1) is 5.82 Å². The molecule has 1 aromatic rings. The minimum absolute atomic E-state index is 0.0278. The van der Waals surface area contributed by atoms with Crippen molar-refractivity contribution in [2.24, 2.45) is 0 Å². The highest BCUT2D eigenvalue weighted by Crippen LogP contribution is 2.26. The van der Waals surface area contributed by atoms with E-state index in [1.807, 2.05) is 0 Å². The summed E-state index contributed by atoms with van der Waals surface area (Å²) >= 11 is 0. The van der Waals surface area contributed by atoms with Crippen LogP contribution in [0.5, 0.6) is 0 Å². The maximum atomic E-state index is 13.4. The van der Waals surface area contributed by atoms with Crippen molar-refractivity contribution in [2.45, 2.75) is 25.5 Å². The molecule has 14 heavy (non-hydrogen) atoms. The maximum Gasteiger partial charge on any atom is 0.127 e. The van der Waals surface area contributed by atoms with Crippen molar-refractivity contribution in [1.29, 1.82) is 0 Å². The van der Waals surface area contributed by atoms with Crippen molar-refractivity contribution < 1.29 is 9.50 Å². The van der Waals surface area contributed by atoms with E-state index in [0.717, 1.165) is 24.9 Å². The lowest BCUT2D eigenvalue weighted by Crippen LogP contribution is -2.14. The molecular formula is C11H14FNO. The first-order chi connectivity index (χ1) is 6.81. The minimum Gasteiger partial charge on any atom is -0.392 e. The van der Waals surface area contributed by atoms with Crippen molar-refractivity contribution in [3.05, 3.63) is 35.1 Å². The number of nitrogens with one attached hydrogen (secondary N) is 1. The van der Waals surface area contributed by atoms with E-state index in [-0.39, 0.29) is 18.5 Å². The molecule has 1 aliphatic rings. The summed E-state index contributed by atoms with van der Waals surface area (Å²) in [7, 11) is 0. The molecule has 0 bridgehead atoms. The fourth-order valence-corrected chi connectivity index (χ4v) is 1.91. The second kappa shape index (κ2) is 4.07. The number of halogens is 1. The highest BCUT2D eigenvalue weighted by atomic mass is 19.1. The molecule has 0 saturated carbocycles. The van der Waals surface area contributed by atoms with Crippen molar-refractivity contribution in [2.75, 3.05) is 6.54 Å². The lowest BCUT2D eigenvalue weighted by molar-refractivity contribution is 0.281. The molecule has 1 unspecified atom stereocenters. The van der Waals surface area contributed by atoms with Crippen molar-refractivity contribution >= 4 is 0 Å². The fraction of sp³-hybridized carbons (Fsp3) is 0.455. The van der Waals surface area contributed by atoms with Crippen LogP contribution in [0.1, 0.15) is 30.0 Å². The molecule has 1 aromatic carbocycles. The molecule has 1 atom stereocenters. The summed E-state index contributed by atoms with van der Waals surface area (Å²) < 4.78 is 13.4. The Hall–Kier alpha value is -0.930. The van der Waals surface area contributed by atoms with Crippen LogP contribution >= 0.6 is 0 Å². The van der Waals surface area contributed by atoms with E-state index in [4.69, 9.17) is 5.11 Å². The Bertz CT molecular complexity index is 321. The van der Waals surface area contributed by atoms with E-state index in [1.165, 1.54) is 6.07 Å². The molecule has 0 aliphatic carbocycles. The van der Waals surface area contributed by atoms with Gasteiger partial charge in [0.25, 0.3) is 0 Å². The summed E-state index contributed by atoms with van der Waals surface area (Å²) in [6, 6.07) is 4.92. The molecule has 1 heterocycles. The number of rotatable bonds is 2. The summed E-state index contributed by atoms with van der Waals surface area (Å²) in [5, 5.41) is 12.2. The average molecular weight is 195 g/mol. The third-order valence-electron chi connectivity index (χ3n) is 2.68. The van der Waals surface area contributed by atoms with E-state index in [9.17, 15) is 4.39 Å². The van der Waals surface area contributed by atoms with Crippen LogP contribution in [0.4, 0.5) is 4.39 Å². The Morgan fingerprint density at radius 3 is 3.00 bits per heavy atom. The second-order valence-electron chi connectivity index (χ2n) is 3.66. The van der Waals surface area contributed by atoms with Gasteiger partial charge >= 0.3 is 0 Å². The molecule has 2 rings (SSSR count). The third kappa shape index (κ3) is 1.79. The molecule has 2 nitrogen and oxygen atoms in total. The van der Waals surface area contributed by atoms with Crippen LogP contribution in [-0.2, 0) is 6.61 Å². The topological polar surface area (TPSA) is 32.3 Å². The first kappa shape index (κ1) is 9.62. The van der Waals surface area contributed by atoms with Crippen molar-refractivity contribution in [1.82, 2.24) is 5.32 Å². The Morgan fingerprint density at radius 1 is 1.50 bits per heavy atom. The SMILES string of the molecule is OCc1ccc(F)c(C2CCCN2)c1. The zero-order valence-electron chi connectivity index (χ0n) is 7.96. The normalized spacial score (nSPS) is 21.4. The molecule has 0 aromatic heterocycles. The molecular weight excluding hydrogens is 181 g/mol. The van der Waals surface area contributed by atoms with E-state index in [2.05, 4.69) is 5.32 Å². The molecule has 1 saturated heterocycles. The van der Waals surface area contributed by atoms with Crippen LogP contribution in [-0.4, -0.2) is 11.7 Å². The fourth-order valence-electron chi connectivity index (χ4n) is 1.91. The largest absolute Gasteiger partial charge is 0.392 e. The molecule has 0 radical (unpaired) electrons. The van der Waals surface area contributed by atoms with Crippen molar-refractivity contribution in [3.8, 4) is 0 Å². The number of hydrogen-bond acceptors (Lipinski definition) is 2. The zero-order chi connectivity index (χ0) is 9.97. The smallest absolute Gasteiger partial charge is 0.127 e. The molecule has 1 fully saturated rings. The standard InChI is InChI=1S/C11H14FNO/c12-10-4-3-8(7-14)6-9(10)11-2-1-5-13-11/h3-4,6,11,13-14H,1-2,5,7H2. The summed E-state index contributed by atoms with van der Waals surface area (Å²) in [5.74, 6) is -0.179. The van der Waals surface area contributed by atoms with E-state index < -0.39 is 0 Å². The van der Waals surface area contributed by atoms with Gasteiger partial charge in [-0.3, -0.25) is 0 Å². The lowest BCUT2D eigenvalue weighted by Gasteiger charge is -2.12. The molecule has 3 heteroatoms. The van der Waals surface area contributed by atoms with Gasteiger partial charge in [0.1, 0.15) is 5.82 Å². The van der Waals surface area contributed by atoms with Crippen LogP contribution < -0.4 is 5.32 Å². The lowest BCUT2D eigenvalue weighted by atomic mass is 10.0. The van der Waals surface area contributed by atoms with Gasteiger partial charge in [-0.25, -0.2) is 4.39 Å². The van der Waals surface area contributed by atoms with Crippen LogP contribution in [0.3, 0.4) is 0 Å². The van der Waals surface area contributed by atoms with Gasteiger partial charge < -0.3 is 10.4 Å². The average Bonchev–Trinajstić information content (AvgIpc) is 2.71. The third-order valence-corrected chi connectivity index (χ3v) is 2.68. The summed E-state index contributed by atoms with van der Waals surface area (Å²) in [6.07, 6.45) is 2.07. The first-order valence-corrected chi connectivity index (χ1v) is 4.94. The number of aliphatic hydroxyl groups is 1. The van der Waals surface area contributed by atoms with Gasteiger partial charge in [0.05, 0.1) is 6.61 Å². The van der Waals surface area contributed by atoms with E-state index in [0.29, 0.717) is 5.56 Å². The Labute approximate surface area is 82.8 Å². The Balaban J connectivity index is 2.29. The highest BCUT2D eigenvalue weighted by molar-refractivity contribution is 5.27. The molecule has 2 N–H and O–H groups in total. The zero-order valence-corrected chi connectivity index (χ0v) is 7.96. The minimum atomic E-state index is -0.179. The van der Waals surface area contributed by atoms with E-state index in [1.54, 1.807) is 12.1 Å². The predicted molar refractivity (Wildman–Crippen MR) is 52.3 cm³/mol. The van der Waals surface area contributed by atoms with E-state index >= 15 is 0 Å². The van der Waals surface area contributed by atoms with Crippen LogP contribution in [0.25, 0.3) is 0 Å². The van der Waals surface area contributed by atoms with Gasteiger partial charge in [0.15, 0.2) is 0 Å². The van der Waals surface area contributed by atoms with Crippen LogP contribution in [0.15, 0.2) is 18.2 Å². The molecule has 0 spiro atoms. The van der Waals surface area contributed by atoms with Gasteiger partial charge in [0.2, 0.25) is 0 Å². The molecule has 76 valence electrons. The van der Waals surface area contributed by atoms with Gasteiger partial charge in [0, 0.05) is 11.6 Å². The summed E-state index contributed by atoms with van der Waals surface area (Å²) in [5.41, 5.74) is 1.46. The quantitative estimate of drug-likeness (QED) is 0.753. The summed E-state index contributed by atoms with van der Waals surface area (Å²) in [6.45, 7) is 0.924. The first-order valence-electron chi connectivity index (χ1n) is 4.94. The predicted octanol–water partition coefficient (Wildman–Crippen LogP) is 1.74.